The Morgan fingerprint density at radius 2 is 2.24 bits per heavy atom. The summed E-state index contributed by atoms with van der Waals surface area (Å²) < 4.78 is 31.0. The Kier molecular flexibility index (Phi) is 2.96. The average molecular weight is 254 g/mol. The molecule has 1 heterocycles. The number of hydrogen-bond donors (Lipinski definition) is 2. The van der Waals surface area contributed by atoms with Crippen molar-refractivity contribution >= 4 is 16.0 Å². The third-order valence-electron chi connectivity index (χ3n) is 2.00. The van der Waals surface area contributed by atoms with Crippen molar-refractivity contribution in [1.29, 1.82) is 0 Å². The lowest BCUT2D eigenvalue weighted by Crippen LogP contribution is -2.14. The number of aromatic nitrogens is 3. The maximum atomic E-state index is 11.9. The summed E-state index contributed by atoms with van der Waals surface area (Å²) in [6, 6.07) is 6.13. The lowest BCUT2D eigenvalue weighted by atomic mass is 10.3. The molecule has 2 rings (SSSR count). The minimum Gasteiger partial charge on any atom is -0.497 e. The number of ether oxygens (including phenoxy) is 1. The number of methoxy groups -OCH3 is 1. The number of H-pyrrole nitrogens is 1. The number of nitrogens with one attached hydrogen (secondary N) is 2. The average Bonchev–Trinajstić information content (AvgIpc) is 2.81. The van der Waals surface area contributed by atoms with E-state index in [2.05, 4.69) is 19.9 Å². The van der Waals surface area contributed by atoms with Gasteiger partial charge in [0.05, 0.1) is 12.0 Å². The maximum Gasteiger partial charge on any atom is 0.264 e. The summed E-state index contributed by atoms with van der Waals surface area (Å²) in [6.07, 6.45) is 1.21. The first-order chi connectivity index (χ1) is 8.12. The monoisotopic (exact) mass is 254 g/mol. The molecule has 7 nitrogen and oxygen atoms in total. The highest BCUT2D eigenvalue weighted by molar-refractivity contribution is 7.92. The van der Waals surface area contributed by atoms with Gasteiger partial charge in [-0.2, -0.15) is 10.1 Å². The molecule has 0 aliphatic heterocycles. The van der Waals surface area contributed by atoms with Crippen LogP contribution in [0.2, 0.25) is 0 Å². The highest BCUT2D eigenvalue weighted by Crippen LogP contribution is 2.18. The molecule has 1 aromatic carbocycles. The number of benzene rings is 1. The van der Waals surface area contributed by atoms with Gasteiger partial charge in [0.2, 0.25) is 5.95 Å². The van der Waals surface area contributed by atoms with Gasteiger partial charge in [-0.1, -0.05) is 6.07 Å². The summed E-state index contributed by atoms with van der Waals surface area (Å²) in [4.78, 5) is 3.77. The molecule has 2 N–H and O–H groups in total. The number of anilines is 1. The number of sulfonamides is 1. The Hall–Kier alpha value is -2.09. The second-order valence-corrected chi connectivity index (χ2v) is 4.80. The van der Waals surface area contributed by atoms with Crippen LogP contribution in [0.25, 0.3) is 0 Å². The van der Waals surface area contributed by atoms with E-state index in [1.807, 2.05) is 0 Å². The topological polar surface area (TPSA) is 97.0 Å². The van der Waals surface area contributed by atoms with Crippen LogP contribution in [0.4, 0.5) is 5.95 Å². The number of hydrogen-bond acceptors (Lipinski definition) is 5. The third-order valence-corrected chi connectivity index (χ3v) is 3.33. The molecule has 0 saturated carbocycles. The van der Waals surface area contributed by atoms with Gasteiger partial charge in [-0.25, -0.2) is 18.2 Å². The van der Waals surface area contributed by atoms with Gasteiger partial charge in [0.1, 0.15) is 12.1 Å². The molecule has 0 atom stereocenters. The molecule has 0 spiro atoms. The molecule has 90 valence electrons. The van der Waals surface area contributed by atoms with E-state index in [1.165, 1.54) is 25.6 Å². The van der Waals surface area contributed by atoms with E-state index in [9.17, 15) is 8.42 Å². The van der Waals surface area contributed by atoms with Crippen LogP contribution >= 0.6 is 0 Å². The zero-order valence-corrected chi connectivity index (χ0v) is 9.73. The zero-order valence-electron chi connectivity index (χ0n) is 8.91. The molecule has 0 fully saturated rings. The van der Waals surface area contributed by atoms with E-state index in [-0.39, 0.29) is 10.8 Å². The van der Waals surface area contributed by atoms with Gasteiger partial charge in [-0.3, -0.25) is 0 Å². The third kappa shape index (κ3) is 2.53. The fraction of sp³-hybridized carbons (Fsp3) is 0.111. The summed E-state index contributed by atoms with van der Waals surface area (Å²) in [7, 11) is -2.21. The van der Waals surface area contributed by atoms with E-state index in [0.717, 1.165) is 0 Å². The lowest BCUT2D eigenvalue weighted by Gasteiger charge is -2.06. The van der Waals surface area contributed by atoms with E-state index >= 15 is 0 Å². The molecule has 0 saturated heterocycles. The van der Waals surface area contributed by atoms with Crippen molar-refractivity contribution in [2.24, 2.45) is 0 Å². The van der Waals surface area contributed by atoms with E-state index < -0.39 is 10.0 Å². The van der Waals surface area contributed by atoms with Gasteiger partial charge in [0, 0.05) is 6.07 Å². The summed E-state index contributed by atoms with van der Waals surface area (Å²) in [5, 5.41) is 5.95. The number of aromatic amines is 1. The molecular weight excluding hydrogens is 244 g/mol. The quantitative estimate of drug-likeness (QED) is 0.833. The van der Waals surface area contributed by atoms with Gasteiger partial charge in [0.25, 0.3) is 10.0 Å². The second-order valence-electron chi connectivity index (χ2n) is 3.12. The Labute approximate surface area is 97.9 Å². The van der Waals surface area contributed by atoms with Crippen molar-refractivity contribution in [2.75, 3.05) is 11.8 Å². The van der Waals surface area contributed by atoms with Gasteiger partial charge in [-0.05, 0) is 12.1 Å². The summed E-state index contributed by atoms with van der Waals surface area (Å²) in [5.74, 6) is 0.526. The fourth-order valence-corrected chi connectivity index (χ4v) is 2.21. The van der Waals surface area contributed by atoms with Crippen LogP contribution in [0.3, 0.4) is 0 Å². The van der Waals surface area contributed by atoms with Crippen molar-refractivity contribution in [3.8, 4) is 5.75 Å². The lowest BCUT2D eigenvalue weighted by molar-refractivity contribution is 0.413. The smallest absolute Gasteiger partial charge is 0.264 e. The first kappa shape index (κ1) is 11.4. The molecule has 0 radical (unpaired) electrons. The highest BCUT2D eigenvalue weighted by atomic mass is 32.2. The van der Waals surface area contributed by atoms with E-state index in [0.29, 0.717) is 5.75 Å². The Morgan fingerprint density at radius 3 is 2.88 bits per heavy atom. The first-order valence-electron chi connectivity index (χ1n) is 4.64. The molecule has 17 heavy (non-hydrogen) atoms. The SMILES string of the molecule is COc1cccc(S(=O)(=O)Nc2ncn[nH]2)c1. The van der Waals surface area contributed by atoms with Crippen LogP contribution in [-0.4, -0.2) is 30.7 Å². The van der Waals surface area contributed by atoms with Crippen LogP contribution in [0, 0.1) is 0 Å². The number of nitrogens with zero attached hydrogens (tertiary/aromatic N) is 2. The molecular formula is C9H10N4O3S. The minimum absolute atomic E-state index is 0.0628. The van der Waals surface area contributed by atoms with Crippen LogP contribution < -0.4 is 9.46 Å². The van der Waals surface area contributed by atoms with Crippen LogP contribution in [0.5, 0.6) is 5.75 Å². The highest BCUT2D eigenvalue weighted by Gasteiger charge is 2.15. The predicted octanol–water partition coefficient (Wildman–Crippen LogP) is 0.614. The fourth-order valence-electron chi connectivity index (χ4n) is 1.21. The summed E-state index contributed by atoms with van der Waals surface area (Å²) >= 11 is 0. The molecule has 2 aromatic rings. The van der Waals surface area contributed by atoms with Gasteiger partial charge in [-0.15, -0.1) is 0 Å². The summed E-state index contributed by atoms with van der Waals surface area (Å²) in [6.45, 7) is 0. The molecule has 0 aliphatic rings. The normalized spacial score (nSPS) is 11.1. The van der Waals surface area contributed by atoms with Crippen LogP contribution in [-0.2, 0) is 10.0 Å². The van der Waals surface area contributed by atoms with Crippen LogP contribution in [0.1, 0.15) is 0 Å². The molecule has 8 heteroatoms. The second kappa shape index (κ2) is 4.42. The standard InChI is InChI=1S/C9H10N4O3S/c1-16-7-3-2-4-8(5-7)17(14,15)13-9-10-6-11-12-9/h2-6H,1H3,(H2,10,11,12,13). The van der Waals surface area contributed by atoms with Gasteiger partial charge < -0.3 is 4.74 Å². The summed E-state index contributed by atoms with van der Waals surface area (Å²) in [5.41, 5.74) is 0. The molecule has 0 aliphatic carbocycles. The Balaban J connectivity index is 2.31. The Morgan fingerprint density at radius 1 is 1.41 bits per heavy atom. The number of rotatable bonds is 4. The molecule has 0 bridgehead atoms. The predicted molar refractivity (Wildman–Crippen MR) is 60.2 cm³/mol. The van der Waals surface area contributed by atoms with Crippen molar-refractivity contribution in [2.45, 2.75) is 4.90 Å². The maximum absolute atomic E-state index is 11.9. The largest absolute Gasteiger partial charge is 0.497 e. The molecule has 1 aromatic heterocycles. The van der Waals surface area contributed by atoms with Crippen molar-refractivity contribution < 1.29 is 13.2 Å². The first-order valence-corrected chi connectivity index (χ1v) is 6.12. The van der Waals surface area contributed by atoms with Gasteiger partial charge >= 0.3 is 0 Å². The van der Waals surface area contributed by atoms with Gasteiger partial charge in [0.15, 0.2) is 0 Å². The van der Waals surface area contributed by atoms with Crippen molar-refractivity contribution in [3.63, 3.8) is 0 Å². The zero-order chi connectivity index (χ0) is 12.3. The molecule has 0 unspecified atom stereocenters. The minimum atomic E-state index is -3.68. The molecule has 0 amide bonds. The van der Waals surface area contributed by atoms with E-state index in [4.69, 9.17) is 4.74 Å². The van der Waals surface area contributed by atoms with Crippen LogP contribution in [0.15, 0.2) is 35.5 Å². The van der Waals surface area contributed by atoms with Crippen molar-refractivity contribution in [3.05, 3.63) is 30.6 Å². The van der Waals surface area contributed by atoms with E-state index in [1.54, 1.807) is 12.1 Å². The van der Waals surface area contributed by atoms with Crippen molar-refractivity contribution in [1.82, 2.24) is 15.2 Å². The Bertz CT molecular complexity index is 594.